The molecule has 0 aromatic heterocycles. The molecule has 0 aliphatic heterocycles. The molecule has 1 rings (SSSR count). The highest BCUT2D eigenvalue weighted by molar-refractivity contribution is 7.46. The van der Waals surface area contributed by atoms with Crippen molar-refractivity contribution in [3.05, 3.63) is 34.6 Å². The van der Waals surface area contributed by atoms with Crippen molar-refractivity contribution >= 4 is 25.5 Å². The van der Waals surface area contributed by atoms with Gasteiger partial charge in [0.15, 0.2) is 0 Å². The van der Waals surface area contributed by atoms with Crippen molar-refractivity contribution in [3.63, 3.8) is 0 Å². The minimum atomic E-state index is -4.54. The van der Waals surface area contributed by atoms with Gasteiger partial charge in [-0.2, -0.15) is 0 Å². The lowest BCUT2D eigenvalue weighted by Gasteiger charge is -2.32. The van der Waals surface area contributed by atoms with Crippen LogP contribution in [0, 0.1) is 11.2 Å². The molecule has 2 amide bonds. The fourth-order valence-electron chi connectivity index (χ4n) is 2.44. The van der Waals surface area contributed by atoms with Gasteiger partial charge in [0.05, 0.1) is 11.6 Å². The van der Waals surface area contributed by atoms with Gasteiger partial charge in [-0.25, -0.2) is 13.8 Å². The maximum atomic E-state index is 13.4. The molecule has 0 aliphatic rings. The molecule has 0 bridgehead atoms. The summed E-state index contributed by atoms with van der Waals surface area (Å²) in [7, 11) is -2.93. The van der Waals surface area contributed by atoms with Crippen molar-refractivity contribution in [1.29, 1.82) is 0 Å². The highest BCUT2D eigenvalue weighted by Crippen LogP contribution is 2.39. The van der Waals surface area contributed by atoms with E-state index in [0.717, 1.165) is 0 Å². The van der Waals surface area contributed by atoms with Crippen molar-refractivity contribution < 1.29 is 28.1 Å². The normalized spacial score (nSPS) is 13.4. The van der Waals surface area contributed by atoms with E-state index in [9.17, 15) is 13.8 Å². The van der Waals surface area contributed by atoms with E-state index in [1.807, 2.05) is 6.92 Å². The van der Waals surface area contributed by atoms with E-state index in [4.69, 9.17) is 21.4 Å². The Morgan fingerprint density at radius 1 is 1.46 bits per heavy atom. The molecule has 0 heterocycles. The Labute approximate surface area is 157 Å². The van der Waals surface area contributed by atoms with Crippen LogP contribution in [0.5, 0.6) is 0 Å². The van der Waals surface area contributed by atoms with E-state index in [2.05, 4.69) is 9.84 Å². The number of benzene rings is 1. The van der Waals surface area contributed by atoms with Crippen LogP contribution in [0.2, 0.25) is 5.02 Å². The lowest BCUT2D eigenvalue weighted by molar-refractivity contribution is 0.101. The zero-order chi connectivity index (χ0) is 20.1. The Morgan fingerprint density at radius 3 is 2.65 bits per heavy atom. The third-order valence-electron chi connectivity index (χ3n) is 3.91. The molecule has 7 nitrogen and oxygen atoms in total. The number of rotatable bonds is 8. The summed E-state index contributed by atoms with van der Waals surface area (Å²) in [4.78, 5) is 31.4. The molecule has 0 saturated carbocycles. The van der Waals surface area contributed by atoms with Crippen molar-refractivity contribution in [1.82, 2.24) is 10.2 Å². The van der Waals surface area contributed by atoms with Gasteiger partial charge in [-0.1, -0.05) is 37.6 Å². The van der Waals surface area contributed by atoms with Crippen LogP contribution in [-0.4, -0.2) is 40.4 Å². The quantitative estimate of drug-likeness (QED) is 0.569. The smallest absolute Gasteiger partial charge is 0.334 e. The first-order chi connectivity index (χ1) is 11.8. The number of carbonyl (C=O) groups excluding carboxylic acids is 1. The average Bonchev–Trinajstić information content (AvgIpc) is 2.52. The summed E-state index contributed by atoms with van der Waals surface area (Å²) < 4.78 is 28.8. The van der Waals surface area contributed by atoms with E-state index < -0.39 is 19.1 Å². The van der Waals surface area contributed by atoms with Crippen molar-refractivity contribution in [3.8, 4) is 0 Å². The minimum absolute atomic E-state index is 0.0285. The molecule has 1 aromatic rings. The number of carbonyl (C=O) groups is 1. The maximum Gasteiger partial charge on any atom is 0.469 e. The standard InChI is InChI=1S/C16H25ClFN2O5P/c1-11(8-16(2,3)10-25-26(22,23)24)20(4)15(21)19-9-12-6-5-7-13(18)14(12)17/h5-7,11H,8-10H2,1-4H3,(H,19,21)(H2,22,23,24). The molecule has 0 aliphatic carbocycles. The third kappa shape index (κ3) is 7.60. The Morgan fingerprint density at radius 2 is 2.08 bits per heavy atom. The fourth-order valence-corrected chi connectivity index (χ4v) is 3.15. The molecular weight excluding hydrogens is 386 g/mol. The van der Waals surface area contributed by atoms with Crippen LogP contribution in [0.4, 0.5) is 9.18 Å². The van der Waals surface area contributed by atoms with Crippen molar-refractivity contribution in [2.45, 2.75) is 39.8 Å². The molecular formula is C16H25ClFN2O5P. The minimum Gasteiger partial charge on any atom is -0.334 e. The lowest BCUT2D eigenvalue weighted by atomic mass is 9.87. The van der Waals surface area contributed by atoms with E-state index >= 15 is 0 Å². The number of nitrogens with one attached hydrogen (secondary N) is 1. The second kappa shape index (κ2) is 9.15. The summed E-state index contributed by atoms with van der Waals surface area (Å²) in [6.45, 7) is 5.33. The highest BCUT2D eigenvalue weighted by Gasteiger charge is 2.28. The van der Waals surface area contributed by atoms with Gasteiger partial charge in [0.25, 0.3) is 0 Å². The van der Waals surface area contributed by atoms with Gasteiger partial charge < -0.3 is 20.0 Å². The molecule has 0 radical (unpaired) electrons. The van der Waals surface area contributed by atoms with Gasteiger partial charge >= 0.3 is 13.9 Å². The Bertz CT molecular complexity index is 683. The van der Waals surface area contributed by atoms with Gasteiger partial charge in [0, 0.05) is 19.6 Å². The molecule has 0 saturated heterocycles. The second-order valence-corrected chi connectivity index (χ2v) is 8.58. The van der Waals surface area contributed by atoms with Gasteiger partial charge in [-0.3, -0.25) is 4.52 Å². The highest BCUT2D eigenvalue weighted by atomic mass is 35.5. The number of amides is 2. The first-order valence-electron chi connectivity index (χ1n) is 7.96. The number of nitrogens with zero attached hydrogens (tertiary/aromatic N) is 1. The molecule has 26 heavy (non-hydrogen) atoms. The SMILES string of the molecule is CC(CC(C)(C)COP(=O)(O)O)N(C)C(=O)NCc1cccc(F)c1Cl. The number of hydrogen-bond donors (Lipinski definition) is 3. The summed E-state index contributed by atoms with van der Waals surface area (Å²) in [5, 5.41) is 2.64. The van der Waals surface area contributed by atoms with E-state index in [1.54, 1.807) is 27.0 Å². The molecule has 3 N–H and O–H groups in total. The Balaban J connectivity index is 2.58. The predicted molar refractivity (Wildman–Crippen MR) is 97.3 cm³/mol. The summed E-state index contributed by atoms with van der Waals surface area (Å²) >= 11 is 5.86. The monoisotopic (exact) mass is 410 g/mol. The number of hydrogen-bond acceptors (Lipinski definition) is 3. The van der Waals surface area contributed by atoms with Gasteiger partial charge in [-0.05, 0) is 30.4 Å². The zero-order valence-electron chi connectivity index (χ0n) is 15.2. The van der Waals surface area contributed by atoms with E-state index in [1.165, 1.54) is 17.0 Å². The van der Waals surface area contributed by atoms with Crippen LogP contribution in [0.1, 0.15) is 32.8 Å². The third-order valence-corrected chi connectivity index (χ3v) is 4.80. The summed E-state index contributed by atoms with van der Waals surface area (Å²) in [6.07, 6.45) is 0.456. The molecule has 1 unspecified atom stereocenters. The maximum absolute atomic E-state index is 13.4. The second-order valence-electron chi connectivity index (χ2n) is 6.96. The molecule has 0 fully saturated rings. The average molecular weight is 411 g/mol. The molecule has 148 valence electrons. The van der Waals surface area contributed by atoms with Crippen LogP contribution in [0.3, 0.4) is 0 Å². The number of halogens is 2. The van der Waals surface area contributed by atoms with E-state index in [-0.39, 0.29) is 30.2 Å². The van der Waals surface area contributed by atoms with Crippen LogP contribution in [0.25, 0.3) is 0 Å². The fraction of sp³-hybridized carbons (Fsp3) is 0.562. The number of phosphoric ester groups is 1. The van der Waals surface area contributed by atoms with Crippen molar-refractivity contribution in [2.75, 3.05) is 13.7 Å². The van der Waals surface area contributed by atoms with Gasteiger partial charge in [0.2, 0.25) is 0 Å². The predicted octanol–water partition coefficient (Wildman–Crippen LogP) is 3.53. The molecule has 1 atom stereocenters. The van der Waals surface area contributed by atoms with Crippen LogP contribution >= 0.6 is 19.4 Å². The first-order valence-corrected chi connectivity index (χ1v) is 9.87. The Hall–Kier alpha value is -1.18. The number of urea groups is 1. The van der Waals surface area contributed by atoms with E-state index in [0.29, 0.717) is 12.0 Å². The Kier molecular flexibility index (Phi) is 8.04. The molecule has 10 heteroatoms. The summed E-state index contributed by atoms with van der Waals surface area (Å²) in [5.74, 6) is -0.549. The van der Waals surface area contributed by atoms with Gasteiger partial charge in [0.1, 0.15) is 5.82 Å². The summed E-state index contributed by atoms with van der Waals surface area (Å²) in [5.41, 5.74) is -0.0857. The molecule has 0 spiro atoms. The van der Waals surface area contributed by atoms with Crippen molar-refractivity contribution in [2.24, 2.45) is 5.41 Å². The van der Waals surface area contributed by atoms with Crippen LogP contribution in [0.15, 0.2) is 18.2 Å². The first kappa shape index (κ1) is 22.9. The topological polar surface area (TPSA) is 99.1 Å². The molecule has 1 aromatic carbocycles. The number of phosphoric acid groups is 1. The lowest BCUT2D eigenvalue weighted by Crippen LogP contribution is -2.44. The van der Waals surface area contributed by atoms with Crippen LogP contribution < -0.4 is 5.32 Å². The van der Waals surface area contributed by atoms with Gasteiger partial charge in [-0.15, -0.1) is 0 Å². The largest absolute Gasteiger partial charge is 0.469 e. The van der Waals surface area contributed by atoms with Crippen LogP contribution in [-0.2, 0) is 15.6 Å². The summed E-state index contributed by atoms with van der Waals surface area (Å²) in [6, 6.07) is 3.78. The zero-order valence-corrected chi connectivity index (χ0v) is 16.9.